The molecule has 2 aliphatic rings. The number of likely N-dealkylation sites (tertiary alicyclic amines) is 1. The molecule has 1 aliphatic heterocycles. The predicted molar refractivity (Wildman–Crippen MR) is 126 cm³/mol. The highest BCUT2D eigenvalue weighted by Crippen LogP contribution is 2.36. The van der Waals surface area contributed by atoms with E-state index < -0.39 is 0 Å². The zero-order valence-corrected chi connectivity index (χ0v) is 18.2. The maximum atomic E-state index is 14.6. The molecule has 4 rings (SSSR count). The van der Waals surface area contributed by atoms with Crippen LogP contribution in [0.1, 0.15) is 44.7 Å². The van der Waals surface area contributed by atoms with Crippen molar-refractivity contribution in [3.63, 3.8) is 0 Å². The summed E-state index contributed by atoms with van der Waals surface area (Å²) < 4.78 is 14.6. The topological polar surface area (TPSA) is 28.2 Å². The minimum Gasteiger partial charge on any atom is -0.370 e. The number of aromatic nitrogens is 1. The molecule has 0 amide bonds. The molecule has 2 heterocycles. The lowest BCUT2D eigenvalue weighted by Crippen LogP contribution is -2.31. The van der Waals surface area contributed by atoms with Gasteiger partial charge in [0.15, 0.2) is 0 Å². The van der Waals surface area contributed by atoms with Crippen molar-refractivity contribution in [3.05, 3.63) is 95.7 Å². The third kappa shape index (κ3) is 4.96. The van der Waals surface area contributed by atoms with Gasteiger partial charge in [0, 0.05) is 18.7 Å². The van der Waals surface area contributed by atoms with Crippen LogP contribution >= 0.6 is 0 Å². The van der Waals surface area contributed by atoms with Crippen molar-refractivity contribution in [3.8, 4) is 11.3 Å². The Morgan fingerprint density at radius 3 is 2.45 bits per heavy atom. The summed E-state index contributed by atoms with van der Waals surface area (Å²) >= 11 is 0. The Morgan fingerprint density at radius 1 is 1.06 bits per heavy atom. The molecule has 1 saturated heterocycles. The van der Waals surface area contributed by atoms with Crippen LogP contribution in [-0.4, -0.2) is 23.0 Å². The Morgan fingerprint density at radius 2 is 1.81 bits per heavy atom. The van der Waals surface area contributed by atoms with Gasteiger partial charge in [-0.05, 0) is 68.9 Å². The number of allylic oxidation sites excluding steroid dienone is 4. The summed E-state index contributed by atoms with van der Waals surface area (Å²) in [6, 6.07) is 12.8. The second-order valence-corrected chi connectivity index (χ2v) is 8.05. The summed E-state index contributed by atoms with van der Waals surface area (Å²) in [5.41, 5.74) is 6.35. The number of hydrogen-bond donors (Lipinski definition) is 1. The summed E-state index contributed by atoms with van der Waals surface area (Å²) in [4.78, 5) is 7.15. The molecule has 1 aliphatic carbocycles. The number of nitrogens with one attached hydrogen (secondary N) is 1. The van der Waals surface area contributed by atoms with Gasteiger partial charge in [0.25, 0.3) is 0 Å². The van der Waals surface area contributed by atoms with E-state index in [4.69, 9.17) is 4.98 Å². The molecule has 1 aromatic carbocycles. The molecular formula is C27H30FN3. The van der Waals surface area contributed by atoms with E-state index in [1.165, 1.54) is 30.9 Å². The van der Waals surface area contributed by atoms with E-state index in [1.807, 2.05) is 43.3 Å². The van der Waals surface area contributed by atoms with Gasteiger partial charge in [0.2, 0.25) is 0 Å². The minimum atomic E-state index is -0.308. The zero-order valence-electron chi connectivity index (χ0n) is 18.2. The van der Waals surface area contributed by atoms with Gasteiger partial charge in [-0.25, -0.2) is 9.37 Å². The molecule has 0 radical (unpaired) electrons. The summed E-state index contributed by atoms with van der Waals surface area (Å²) in [7, 11) is 0. The molecule has 0 bridgehead atoms. The molecule has 0 spiro atoms. The Hall–Kier alpha value is -3.14. The number of benzene rings is 1. The van der Waals surface area contributed by atoms with Gasteiger partial charge in [-0.2, -0.15) is 0 Å². The van der Waals surface area contributed by atoms with Crippen molar-refractivity contribution < 1.29 is 4.39 Å². The van der Waals surface area contributed by atoms with Crippen LogP contribution in [0.4, 0.5) is 4.39 Å². The first-order valence-corrected chi connectivity index (χ1v) is 11.2. The first-order chi connectivity index (χ1) is 15.2. The number of halogens is 1. The number of pyridine rings is 1. The number of rotatable bonds is 7. The molecule has 2 fully saturated rings. The lowest BCUT2D eigenvalue weighted by atomic mass is 10.1. The van der Waals surface area contributed by atoms with Crippen LogP contribution in [0.2, 0.25) is 0 Å². The predicted octanol–water partition coefficient (Wildman–Crippen LogP) is 6.44. The van der Waals surface area contributed by atoms with Crippen LogP contribution in [0.3, 0.4) is 0 Å². The Bertz CT molecular complexity index is 1020. The van der Waals surface area contributed by atoms with Crippen LogP contribution in [0.15, 0.2) is 84.2 Å². The van der Waals surface area contributed by atoms with Gasteiger partial charge < -0.3 is 10.2 Å². The molecular weight excluding hydrogens is 385 g/mol. The van der Waals surface area contributed by atoms with E-state index in [2.05, 4.69) is 28.9 Å². The highest BCUT2D eigenvalue weighted by Gasteiger charge is 2.23. The summed E-state index contributed by atoms with van der Waals surface area (Å²) in [5.74, 6) is -0.308. The van der Waals surface area contributed by atoms with Gasteiger partial charge in [0.1, 0.15) is 11.5 Å². The van der Waals surface area contributed by atoms with Crippen LogP contribution in [-0.2, 0) is 0 Å². The van der Waals surface area contributed by atoms with Crippen LogP contribution in [0, 0.1) is 5.82 Å². The van der Waals surface area contributed by atoms with Gasteiger partial charge >= 0.3 is 0 Å². The summed E-state index contributed by atoms with van der Waals surface area (Å²) in [6.45, 7) is 8.23. The third-order valence-electron chi connectivity index (χ3n) is 5.76. The SMILES string of the molecule is C=C/C(NC(=C1CC1)c1ccc(F)c(-c2ccccc2)n1)=C(\C=C/C)N1CCCCC1. The third-order valence-corrected chi connectivity index (χ3v) is 5.76. The van der Waals surface area contributed by atoms with Crippen LogP contribution in [0.25, 0.3) is 17.0 Å². The van der Waals surface area contributed by atoms with E-state index in [0.717, 1.165) is 54.3 Å². The zero-order chi connectivity index (χ0) is 21.6. The number of hydrogen-bond acceptors (Lipinski definition) is 3. The molecule has 1 aromatic heterocycles. The molecule has 0 unspecified atom stereocenters. The van der Waals surface area contributed by atoms with E-state index in [-0.39, 0.29) is 5.82 Å². The maximum Gasteiger partial charge on any atom is 0.149 e. The molecule has 1 N–H and O–H groups in total. The van der Waals surface area contributed by atoms with Crippen molar-refractivity contribution in [2.24, 2.45) is 0 Å². The minimum absolute atomic E-state index is 0.308. The second kappa shape index (κ2) is 9.78. The Labute approximate surface area is 184 Å². The molecule has 4 heteroatoms. The average Bonchev–Trinajstić information content (AvgIpc) is 3.66. The van der Waals surface area contributed by atoms with Gasteiger partial charge in [-0.15, -0.1) is 0 Å². The first-order valence-electron chi connectivity index (χ1n) is 11.2. The lowest BCUT2D eigenvalue weighted by Gasteiger charge is -2.31. The number of nitrogens with zero attached hydrogens (tertiary/aromatic N) is 2. The largest absolute Gasteiger partial charge is 0.370 e. The fourth-order valence-electron chi connectivity index (χ4n) is 4.04. The Balaban J connectivity index is 1.72. The standard InChI is InChI=1S/C27H30FN3/c1-3-11-25(31-18-9-6-10-19-31)23(4-2)29-27(21-14-15-21)24-17-16-22(28)26(30-24)20-12-7-5-8-13-20/h3-5,7-8,11-13,16-17,29H,2,6,9-10,14-15,18-19H2,1H3/b11-3-,25-23-. The summed E-state index contributed by atoms with van der Waals surface area (Å²) in [5, 5.41) is 3.63. The lowest BCUT2D eigenvalue weighted by molar-refractivity contribution is 0.290. The normalized spacial score (nSPS) is 16.8. The van der Waals surface area contributed by atoms with Crippen molar-refractivity contribution >= 4 is 5.70 Å². The molecule has 31 heavy (non-hydrogen) atoms. The quantitative estimate of drug-likeness (QED) is 0.527. The Kier molecular flexibility index (Phi) is 6.66. The molecule has 2 aromatic rings. The van der Waals surface area contributed by atoms with Gasteiger partial charge in [-0.3, -0.25) is 0 Å². The van der Waals surface area contributed by atoms with E-state index in [0.29, 0.717) is 5.69 Å². The van der Waals surface area contributed by atoms with Crippen molar-refractivity contribution in [1.29, 1.82) is 0 Å². The van der Waals surface area contributed by atoms with E-state index in [1.54, 1.807) is 6.07 Å². The molecule has 3 nitrogen and oxygen atoms in total. The fourth-order valence-corrected chi connectivity index (χ4v) is 4.04. The number of piperidine rings is 1. The second-order valence-electron chi connectivity index (χ2n) is 8.05. The average molecular weight is 416 g/mol. The smallest absolute Gasteiger partial charge is 0.149 e. The molecule has 0 atom stereocenters. The first kappa shape index (κ1) is 21.1. The van der Waals surface area contributed by atoms with Gasteiger partial charge in [0.05, 0.1) is 22.8 Å². The fraction of sp³-hybridized carbons (Fsp3) is 0.296. The molecule has 160 valence electrons. The highest BCUT2D eigenvalue weighted by molar-refractivity contribution is 5.72. The van der Waals surface area contributed by atoms with Gasteiger partial charge in [-0.1, -0.05) is 43.0 Å². The maximum absolute atomic E-state index is 14.6. The monoisotopic (exact) mass is 415 g/mol. The van der Waals surface area contributed by atoms with Crippen LogP contribution < -0.4 is 5.32 Å². The van der Waals surface area contributed by atoms with E-state index in [9.17, 15) is 4.39 Å². The summed E-state index contributed by atoms with van der Waals surface area (Å²) in [6.07, 6.45) is 11.9. The highest BCUT2D eigenvalue weighted by atomic mass is 19.1. The van der Waals surface area contributed by atoms with Crippen LogP contribution in [0.5, 0.6) is 0 Å². The van der Waals surface area contributed by atoms with Crippen molar-refractivity contribution in [2.45, 2.75) is 39.0 Å². The van der Waals surface area contributed by atoms with E-state index >= 15 is 0 Å². The van der Waals surface area contributed by atoms with Crippen molar-refractivity contribution in [1.82, 2.24) is 15.2 Å². The van der Waals surface area contributed by atoms with Crippen molar-refractivity contribution in [2.75, 3.05) is 13.1 Å². The molecule has 1 saturated carbocycles.